The predicted octanol–water partition coefficient (Wildman–Crippen LogP) is 2.10. The number of carboxylic acid groups (broad SMARTS) is 1. The SMILES string of the molecule is Cc1ccc2c(CC(N)C(=O)O)cccc2c1. The van der Waals surface area contributed by atoms with Crippen molar-refractivity contribution in [2.75, 3.05) is 0 Å². The Labute approximate surface area is 99.9 Å². The summed E-state index contributed by atoms with van der Waals surface area (Å²) in [4.78, 5) is 10.8. The van der Waals surface area contributed by atoms with Gasteiger partial charge in [0.25, 0.3) is 0 Å². The lowest BCUT2D eigenvalue weighted by molar-refractivity contribution is -0.138. The highest BCUT2D eigenvalue weighted by atomic mass is 16.4. The van der Waals surface area contributed by atoms with Gasteiger partial charge in [-0.2, -0.15) is 0 Å². The predicted molar refractivity (Wildman–Crippen MR) is 68.0 cm³/mol. The first-order valence-electron chi connectivity index (χ1n) is 5.54. The molecular weight excluding hydrogens is 214 g/mol. The van der Waals surface area contributed by atoms with Gasteiger partial charge in [0.1, 0.15) is 6.04 Å². The lowest BCUT2D eigenvalue weighted by atomic mass is 9.98. The van der Waals surface area contributed by atoms with Gasteiger partial charge in [0.15, 0.2) is 0 Å². The third-order valence-corrected chi connectivity index (χ3v) is 2.88. The minimum Gasteiger partial charge on any atom is -0.480 e. The number of carbonyl (C=O) groups is 1. The third-order valence-electron chi connectivity index (χ3n) is 2.88. The quantitative estimate of drug-likeness (QED) is 0.847. The van der Waals surface area contributed by atoms with Crippen LogP contribution >= 0.6 is 0 Å². The maximum atomic E-state index is 10.8. The van der Waals surface area contributed by atoms with Crippen molar-refractivity contribution in [3.05, 3.63) is 47.5 Å². The van der Waals surface area contributed by atoms with Gasteiger partial charge >= 0.3 is 5.97 Å². The van der Waals surface area contributed by atoms with Crippen LogP contribution in [0.5, 0.6) is 0 Å². The summed E-state index contributed by atoms with van der Waals surface area (Å²) in [7, 11) is 0. The molecule has 0 aromatic heterocycles. The fourth-order valence-corrected chi connectivity index (χ4v) is 1.97. The Kier molecular flexibility index (Phi) is 3.11. The van der Waals surface area contributed by atoms with Crippen LogP contribution in [0.15, 0.2) is 36.4 Å². The topological polar surface area (TPSA) is 63.3 Å². The van der Waals surface area contributed by atoms with Crippen molar-refractivity contribution in [1.82, 2.24) is 0 Å². The van der Waals surface area contributed by atoms with E-state index in [2.05, 4.69) is 6.07 Å². The summed E-state index contributed by atoms with van der Waals surface area (Å²) in [6.07, 6.45) is 0.357. The number of fused-ring (bicyclic) bond motifs is 1. The van der Waals surface area contributed by atoms with Gasteiger partial charge in [-0.3, -0.25) is 4.79 Å². The standard InChI is InChI=1S/C14H15NO2/c1-9-5-6-12-10(7-9)3-2-4-11(12)8-13(15)14(16)17/h2-7,13H,8,15H2,1H3,(H,16,17). The normalized spacial score (nSPS) is 12.6. The zero-order chi connectivity index (χ0) is 12.4. The van der Waals surface area contributed by atoms with Gasteiger partial charge in [-0.05, 0) is 29.7 Å². The van der Waals surface area contributed by atoms with E-state index >= 15 is 0 Å². The zero-order valence-electron chi connectivity index (χ0n) is 9.68. The Morgan fingerprint density at radius 2 is 2.12 bits per heavy atom. The van der Waals surface area contributed by atoms with E-state index in [0.717, 1.165) is 16.3 Å². The number of aliphatic carboxylic acids is 1. The van der Waals surface area contributed by atoms with Gasteiger partial charge in [-0.25, -0.2) is 0 Å². The number of hydrogen-bond donors (Lipinski definition) is 2. The summed E-state index contributed by atoms with van der Waals surface area (Å²) in [6.45, 7) is 2.04. The van der Waals surface area contributed by atoms with Crippen LogP contribution in [0.1, 0.15) is 11.1 Å². The van der Waals surface area contributed by atoms with Gasteiger partial charge in [-0.15, -0.1) is 0 Å². The molecule has 17 heavy (non-hydrogen) atoms. The number of aryl methyl sites for hydroxylation is 1. The summed E-state index contributed by atoms with van der Waals surface area (Å²) in [5.41, 5.74) is 7.75. The number of carboxylic acids is 1. The van der Waals surface area contributed by atoms with Crippen molar-refractivity contribution in [2.45, 2.75) is 19.4 Å². The van der Waals surface area contributed by atoms with Gasteiger partial charge in [0, 0.05) is 0 Å². The van der Waals surface area contributed by atoms with E-state index in [1.54, 1.807) is 0 Å². The molecule has 0 aliphatic carbocycles. The van der Waals surface area contributed by atoms with Gasteiger partial charge in [0.05, 0.1) is 0 Å². The maximum Gasteiger partial charge on any atom is 0.320 e. The zero-order valence-corrected chi connectivity index (χ0v) is 9.68. The van der Waals surface area contributed by atoms with Crippen molar-refractivity contribution in [3.8, 4) is 0 Å². The first-order valence-corrected chi connectivity index (χ1v) is 5.54. The number of hydrogen-bond acceptors (Lipinski definition) is 2. The summed E-state index contributed by atoms with van der Waals surface area (Å²) in [6, 6.07) is 11.2. The molecule has 3 N–H and O–H groups in total. The Hall–Kier alpha value is -1.87. The lowest BCUT2D eigenvalue weighted by Gasteiger charge is -2.10. The molecule has 0 saturated heterocycles. The average molecular weight is 229 g/mol. The third kappa shape index (κ3) is 2.45. The van der Waals surface area contributed by atoms with Crippen LogP contribution in [-0.4, -0.2) is 17.1 Å². The fourth-order valence-electron chi connectivity index (χ4n) is 1.97. The van der Waals surface area contributed by atoms with E-state index in [-0.39, 0.29) is 0 Å². The Balaban J connectivity index is 2.44. The van der Waals surface area contributed by atoms with Crippen molar-refractivity contribution in [1.29, 1.82) is 0 Å². The van der Waals surface area contributed by atoms with E-state index in [1.807, 2.05) is 37.3 Å². The first kappa shape index (κ1) is 11.6. The molecule has 88 valence electrons. The molecule has 3 nitrogen and oxygen atoms in total. The average Bonchev–Trinajstić information content (AvgIpc) is 2.28. The molecule has 1 unspecified atom stereocenters. The lowest BCUT2D eigenvalue weighted by Crippen LogP contribution is -2.32. The smallest absolute Gasteiger partial charge is 0.320 e. The molecule has 0 heterocycles. The number of benzene rings is 2. The Bertz CT molecular complexity index is 563. The van der Waals surface area contributed by atoms with E-state index in [4.69, 9.17) is 10.8 Å². The highest BCUT2D eigenvalue weighted by Gasteiger charge is 2.13. The van der Waals surface area contributed by atoms with E-state index in [9.17, 15) is 4.79 Å². The van der Waals surface area contributed by atoms with E-state index in [1.165, 1.54) is 5.56 Å². The van der Waals surface area contributed by atoms with Crippen molar-refractivity contribution >= 4 is 16.7 Å². The molecule has 0 fully saturated rings. The van der Waals surface area contributed by atoms with Crippen LogP contribution in [0, 0.1) is 6.92 Å². The molecule has 0 aliphatic rings. The van der Waals surface area contributed by atoms with Crippen LogP contribution in [0.4, 0.5) is 0 Å². The molecule has 3 heteroatoms. The van der Waals surface area contributed by atoms with Crippen LogP contribution in [0.3, 0.4) is 0 Å². The highest BCUT2D eigenvalue weighted by Crippen LogP contribution is 2.21. The van der Waals surface area contributed by atoms with Crippen molar-refractivity contribution in [3.63, 3.8) is 0 Å². The monoisotopic (exact) mass is 229 g/mol. The van der Waals surface area contributed by atoms with Crippen molar-refractivity contribution in [2.24, 2.45) is 5.73 Å². The van der Waals surface area contributed by atoms with E-state index < -0.39 is 12.0 Å². The van der Waals surface area contributed by atoms with Gasteiger partial charge < -0.3 is 10.8 Å². The second kappa shape index (κ2) is 4.55. The summed E-state index contributed by atoms with van der Waals surface area (Å²) < 4.78 is 0. The van der Waals surface area contributed by atoms with Crippen molar-refractivity contribution < 1.29 is 9.90 Å². The molecular formula is C14H15NO2. The Morgan fingerprint density at radius 1 is 1.35 bits per heavy atom. The molecule has 0 spiro atoms. The van der Waals surface area contributed by atoms with Crippen LogP contribution < -0.4 is 5.73 Å². The highest BCUT2D eigenvalue weighted by molar-refractivity contribution is 5.87. The largest absolute Gasteiger partial charge is 0.480 e. The summed E-state index contributed by atoms with van der Waals surface area (Å²) in [5.74, 6) is -0.964. The van der Waals surface area contributed by atoms with E-state index in [0.29, 0.717) is 6.42 Å². The van der Waals surface area contributed by atoms with Crippen LogP contribution in [0.2, 0.25) is 0 Å². The van der Waals surface area contributed by atoms with Crippen LogP contribution in [0.25, 0.3) is 10.8 Å². The summed E-state index contributed by atoms with van der Waals surface area (Å²) >= 11 is 0. The molecule has 2 aromatic carbocycles. The molecule has 0 bridgehead atoms. The maximum absolute atomic E-state index is 10.8. The molecule has 0 aliphatic heterocycles. The fraction of sp³-hybridized carbons (Fsp3) is 0.214. The molecule has 2 rings (SSSR count). The minimum absolute atomic E-state index is 0.357. The molecule has 2 aromatic rings. The second-order valence-electron chi connectivity index (χ2n) is 4.29. The first-order chi connectivity index (χ1) is 8.08. The number of nitrogens with two attached hydrogens (primary N) is 1. The van der Waals surface area contributed by atoms with Gasteiger partial charge in [0.2, 0.25) is 0 Å². The van der Waals surface area contributed by atoms with Crippen LogP contribution in [-0.2, 0) is 11.2 Å². The molecule has 0 saturated carbocycles. The second-order valence-corrected chi connectivity index (χ2v) is 4.29. The Morgan fingerprint density at radius 3 is 2.82 bits per heavy atom. The number of rotatable bonds is 3. The van der Waals surface area contributed by atoms with Gasteiger partial charge in [-0.1, -0.05) is 42.0 Å². The molecule has 0 amide bonds. The minimum atomic E-state index is -0.964. The molecule has 1 atom stereocenters. The summed E-state index contributed by atoms with van der Waals surface area (Å²) in [5, 5.41) is 11.0. The molecule has 0 radical (unpaired) electrons.